The molecule has 0 aliphatic carbocycles. The Hall–Kier alpha value is -1.10. The first-order valence-electron chi connectivity index (χ1n) is 7.27. The molecule has 0 amide bonds. The summed E-state index contributed by atoms with van der Waals surface area (Å²) in [6.07, 6.45) is 0.618. The quantitative estimate of drug-likeness (QED) is 0.645. The Bertz CT molecular complexity index is 353. The molecule has 1 rings (SSSR count). The van der Waals surface area contributed by atoms with Gasteiger partial charge in [-0.2, -0.15) is 0 Å². The Morgan fingerprint density at radius 2 is 1.95 bits per heavy atom. The standard InChI is InChI=1S/C16H27NO3/c1-4-13(2)14-5-7-16(8-6-14)20-12-15(18)11-17-9-10-19-3/h5-8,13,15,17-18H,4,9-12H2,1-3H3. The maximum absolute atomic E-state index is 9.76. The molecule has 4 heteroatoms. The molecule has 2 N–H and O–H groups in total. The second kappa shape index (κ2) is 9.75. The number of rotatable bonds is 10. The van der Waals surface area contributed by atoms with Gasteiger partial charge in [-0.1, -0.05) is 26.0 Å². The number of aliphatic hydroxyl groups is 1. The molecule has 4 nitrogen and oxygen atoms in total. The fraction of sp³-hybridized carbons (Fsp3) is 0.625. The average molecular weight is 281 g/mol. The van der Waals surface area contributed by atoms with Gasteiger partial charge in [-0.15, -0.1) is 0 Å². The van der Waals surface area contributed by atoms with E-state index in [4.69, 9.17) is 9.47 Å². The summed E-state index contributed by atoms with van der Waals surface area (Å²) < 4.78 is 10.5. The zero-order valence-electron chi connectivity index (χ0n) is 12.8. The van der Waals surface area contributed by atoms with Crippen molar-refractivity contribution in [2.75, 3.05) is 33.4 Å². The Kier molecular flexibility index (Phi) is 8.26. The molecular formula is C16H27NO3. The van der Waals surface area contributed by atoms with Gasteiger partial charge in [-0.25, -0.2) is 0 Å². The molecule has 0 heterocycles. The maximum atomic E-state index is 9.76. The van der Waals surface area contributed by atoms with Gasteiger partial charge in [0.05, 0.1) is 6.61 Å². The lowest BCUT2D eigenvalue weighted by atomic mass is 9.99. The number of hydrogen-bond donors (Lipinski definition) is 2. The molecule has 2 atom stereocenters. The van der Waals surface area contributed by atoms with E-state index in [2.05, 4.69) is 31.3 Å². The van der Waals surface area contributed by atoms with E-state index >= 15 is 0 Å². The van der Waals surface area contributed by atoms with Gasteiger partial charge in [0.25, 0.3) is 0 Å². The number of hydrogen-bond acceptors (Lipinski definition) is 4. The summed E-state index contributed by atoms with van der Waals surface area (Å²) in [5.74, 6) is 1.37. The van der Waals surface area contributed by atoms with Crippen molar-refractivity contribution in [2.24, 2.45) is 0 Å². The summed E-state index contributed by atoms with van der Waals surface area (Å²) in [7, 11) is 1.66. The van der Waals surface area contributed by atoms with Crippen molar-refractivity contribution in [3.05, 3.63) is 29.8 Å². The molecule has 114 valence electrons. The van der Waals surface area contributed by atoms with Crippen LogP contribution in [0.3, 0.4) is 0 Å². The fourth-order valence-corrected chi connectivity index (χ4v) is 1.82. The summed E-state index contributed by atoms with van der Waals surface area (Å²) in [5, 5.41) is 12.9. The zero-order valence-corrected chi connectivity index (χ0v) is 12.8. The minimum absolute atomic E-state index is 0.294. The van der Waals surface area contributed by atoms with Crippen LogP contribution in [0.4, 0.5) is 0 Å². The van der Waals surface area contributed by atoms with Gasteiger partial charge in [0.2, 0.25) is 0 Å². The average Bonchev–Trinajstić information content (AvgIpc) is 2.49. The Balaban J connectivity index is 2.27. The van der Waals surface area contributed by atoms with Gasteiger partial charge in [-0.05, 0) is 30.0 Å². The summed E-state index contributed by atoms with van der Waals surface area (Å²) in [6, 6.07) is 8.11. The van der Waals surface area contributed by atoms with Crippen molar-refractivity contribution in [3.63, 3.8) is 0 Å². The van der Waals surface area contributed by atoms with Gasteiger partial charge >= 0.3 is 0 Å². The fourth-order valence-electron chi connectivity index (χ4n) is 1.82. The van der Waals surface area contributed by atoms with Crippen LogP contribution in [0.2, 0.25) is 0 Å². The number of nitrogens with one attached hydrogen (secondary N) is 1. The molecule has 0 saturated carbocycles. The molecule has 0 spiro atoms. The maximum Gasteiger partial charge on any atom is 0.119 e. The van der Waals surface area contributed by atoms with Gasteiger partial charge < -0.3 is 19.9 Å². The highest BCUT2D eigenvalue weighted by Crippen LogP contribution is 2.21. The first-order chi connectivity index (χ1) is 9.67. The summed E-state index contributed by atoms with van der Waals surface area (Å²) in [6.45, 7) is 6.58. The predicted octanol–water partition coefficient (Wildman–Crippen LogP) is 2.18. The van der Waals surface area contributed by atoms with Gasteiger partial charge in [-0.3, -0.25) is 0 Å². The molecule has 0 aliphatic heterocycles. The molecule has 0 saturated heterocycles. The SMILES string of the molecule is CCC(C)c1ccc(OCC(O)CNCCOC)cc1. The van der Waals surface area contributed by atoms with E-state index in [9.17, 15) is 5.11 Å². The van der Waals surface area contributed by atoms with Gasteiger partial charge in [0.15, 0.2) is 0 Å². The third kappa shape index (κ3) is 6.37. The van der Waals surface area contributed by atoms with Crippen LogP contribution in [0.15, 0.2) is 24.3 Å². The minimum Gasteiger partial charge on any atom is -0.491 e. The second-order valence-electron chi connectivity index (χ2n) is 5.04. The largest absolute Gasteiger partial charge is 0.491 e. The lowest BCUT2D eigenvalue weighted by Crippen LogP contribution is -2.33. The lowest BCUT2D eigenvalue weighted by Gasteiger charge is -2.14. The summed E-state index contributed by atoms with van der Waals surface area (Å²) in [4.78, 5) is 0. The first-order valence-corrected chi connectivity index (χ1v) is 7.27. The minimum atomic E-state index is -0.513. The molecule has 0 radical (unpaired) electrons. The molecule has 20 heavy (non-hydrogen) atoms. The highest BCUT2D eigenvalue weighted by molar-refractivity contribution is 5.29. The van der Waals surface area contributed by atoms with E-state index in [-0.39, 0.29) is 0 Å². The molecule has 0 aromatic heterocycles. The Labute approximate surface area is 122 Å². The third-order valence-corrected chi connectivity index (χ3v) is 3.37. The van der Waals surface area contributed by atoms with E-state index in [1.807, 2.05) is 12.1 Å². The predicted molar refractivity (Wildman–Crippen MR) is 81.4 cm³/mol. The van der Waals surface area contributed by atoms with Crippen LogP contribution < -0.4 is 10.1 Å². The summed E-state index contributed by atoms with van der Waals surface area (Å²) >= 11 is 0. The normalized spacial score (nSPS) is 14.0. The third-order valence-electron chi connectivity index (χ3n) is 3.37. The summed E-state index contributed by atoms with van der Waals surface area (Å²) in [5.41, 5.74) is 1.32. The van der Waals surface area contributed by atoms with E-state index in [1.54, 1.807) is 7.11 Å². The molecule has 0 bridgehead atoms. The molecule has 0 fully saturated rings. The van der Waals surface area contributed by atoms with E-state index in [0.717, 1.165) is 18.7 Å². The van der Waals surface area contributed by atoms with Crippen LogP contribution >= 0.6 is 0 Å². The van der Waals surface area contributed by atoms with Crippen molar-refractivity contribution in [1.82, 2.24) is 5.32 Å². The van der Waals surface area contributed by atoms with E-state index < -0.39 is 6.10 Å². The highest BCUT2D eigenvalue weighted by atomic mass is 16.5. The van der Waals surface area contributed by atoms with Crippen molar-refractivity contribution in [1.29, 1.82) is 0 Å². The smallest absolute Gasteiger partial charge is 0.119 e. The molecule has 2 unspecified atom stereocenters. The van der Waals surface area contributed by atoms with Crippen molar-refractivity contribution in [3.8, 4) is 5.75 Å². The van der Waals surface area contributed by atoms with Crippen LogP contribution in [-0.2, 0) is 4.74 Å². The van der Waals surface area contributed by atoms with E-state index in [1.165, 1.54) is 5.56 Å². The van der Waals surface area contributed by atoms with Crippen LogP contribution in [-0.4, -0.2) is 44.6 Å². The number of aliphatic hydroxyl groups excluding tert-OH is 1. The number of methoxy groups -OCH3 is 1. The second-order valence-corrected chi connectivity index (χ2v) is 5.04. The van der Waals surface area contributed by atoms with Crippen molar-refractivity contribution >= 4 is 0 Å². The lowest BCUT2D eigenvalue weighted by molar-refractivity contribution is 0.103. The van der Waals surface area contributed by atoms with Crippen LogP contribution in [0, 0.1) is 0 Å². The number of ether oxygens (including phenoxy) is 2. The zero-order chi connectivity index (χ0) is 14.8. The number of benzene rings is 1. The first kappa shape index (κ1) is 17.0. The topological polar surface area (TPSA) is 50.7 Å². The van der Waals surface area contributed by atoms with Crippen LogP contribution in [0.25, 0.3) is 0 Å². The van der Waals surface area contributed by atoms with Gasteiger partial charge in [0, 0.05) is 20.2 Å². The van der Waals surface area contributed by atoms with Crippen LogP contribution in [0.1, 0.15) is 31.7 Å². The van der Waals surface area contributed by atoms with Crippen molar-refractivity contribution < 1.29 is 14.6 Å². The molecular weight excluding hydrogens is 254 g/mol. The Morgan fingerprint density at radius 1 is 1.25 bits per heavy atom. The molecule has 1 aromatic carbocycles. The monoisotopic (exact) mass is 281 g/mol. The van der Waals surface area contributed by atoms with Gasteiger partial charge in [0.1, 0.15) is 18.5 Å². The van der Waals surface area contributed by atoms with E-state index in [0.29, 0.717) is 25.7 Å². The van der Waals surface area contributed by atoms with Crippen LogP contribution in [0.5, 0.6) is 5.75 Å². The Morgan fingerprint density at radius 3 is 2.55 bits per heavy atom. The van der Waals surface area contributed by atoms with Crippen molar-refractivity contribution in [2.45, 2.75) is 32.3 Å². The molecule has 1 aromatic rings. The highest BCUT2D eigenvalue weighted by Gasteiger charge is 2.06. The molecule has 0 aliphatic rings.